The molecule has 1 heteroatoms. The van der Waals surface area contributed by atoms with Gasteiger partial charge in [0, 0.05) is 11.4 Å². The van der Waals surface area contributed by atoms with E-state index in [2.05, 4.69) is 169 Å². The molecule has 0 saturated heterocycles. The van der Waals surface area contributed by atoms with Gasteiger partial charge in [0.15, 0.2) is 0 Å². The second-order valence-corrected chi connectivity index (χ2v) is 11.2. The topological polar surface area (TPSA) is 12.0 Å². The average Bonchev–Trinajstić information content (AvgIpc) is 3.07. The Bertz CT molecular complexity index is 1690. The summed E-state index contributed by atoms with van der Waals surface area (Å²) in [6, 6.07) is 21.8. The number of benzene rings is 3. The molecule has 1 N–H and O–H groups in total. The molecule has 0 heterocycles. The average molecular weight is 596 g/mol. The van der Waals surface area contributed by atoms with Crippen LogP contribution in [0.15, 0.2) is 126 Å². The first kappa shape index (κ1) is 35.1. The van der Waals surface area contributed by atoms with Crippen LogP contribution in [0.3, 0.4) is 0 Å². The van der Waals surface area contributed by atoms with Crippen molar-refractivity contribution in [3.05, 3.63) is 164 Å². The van der Waals surface area contributed by atoms with E-state index in [-0.39, 0.29) is 0 Å². The van der Waals surface area contributed by atoms with Crippen molar-refractivity contribution >= 4 is 24.4 Å². The van der Waals surface area contributed by atoms with Crippen LogP contribution in [0.25, 0.3) is 18.7 Å². The molecule has 0 radical (unpaired) electrons. The number of hydrogen-bond donors (Lipinski definition) is 1. The fraction of sp³-hybridized carbons (Fsp3) is 0.273. The van der Waals surface area contributed by atoms with Crippen molar-refractivity contribution in [2.24, 2.45) is 0 Å². The minimum Gasteiger partial charge on any atom is -0.356 e. The highest BCUT2D eigenvalue weighted by Gasteiger charge is 2.03. The zero-order valence-electron chi connectivity index (χ0n) is 28.5. The molecule has 0 aliphatic heterocycles. The second-order valence-electron chi connectivity index (χ2n) is 11.2. The van der Waals surface area contributed by atoms with Gasteiger partial charge >= 0.3 is 0 Å². The number of hydrogen-bond acceptors (Lipinski definition) is 1. The van der Waals surface area contributed by atoms with Crippen LogP contribution < -0.4 is 15.8 Å². The van der Waals surface area contributed by atoms with Crippen molar-refractivity contribution in [2.75, 3.05) is 5.32 Å². The molecule has 0 aromatic heterocycles. The first-order chi connectivity index (χ1) is 22.0. The molecule has 0 atom stereocenters. The van der Waals surface area contributed by atoms with Crippen molar-refractivity contribution in [3.63, 3.8) is 0 Å². The zero-order valence-corrected chi connectivity index (χ0v) is 28.5. The third-order valence-electron chi connectivity index (χ3n) is 8.30. The largest absolute Gasteiger partial charge is 0.356 e. The van der Waals surface area contributed by atoms with E-state index in [0.29, 0.717) is 0 Å². The van der Waals surface area contributed by atoms with E-state index in [0.717, 1.165) is 60.3 Å². The van der Waals surface area contributed by atoms with Crippen LogP contribution in [0.4, 0.5) is 5.69 Å². The summed E-state index contributed by atoms with van der Waals surface area (Å²) in [5, 5.41) is 5.88. The second kappa shape index (κ2) is 19.1. The molecule has 3 rings (SSSR count). The van der Waals surface area contributed by atoms with Crippen molar-refractivity contribution < 1.29 is 0 Å². The lowest BCUT2D eigenvalue weighted by molar-refractivity contribution is 1.03. The van der Waals surface area contributed by atoms with Crippen LogP contribution in [0.1, 0.15) is 82.2 Å². The zero-order chi connectivity index (χ0) is 32.4. The van der Waals surface area contributed by atoms with Gasteiger partial charge in [0.2, 0.25) is 0 Å². The van der Waals surface area contributed by atoms with Gasteiger partial charge in [0.25, 0.3) is 0 Å². The summed E-state index contributed by atoms with van der Waals surface area (Å²) in [4.78, 5) is 0. The smallest absolute Gasteiger partial charge is 0.0387 e. The third-order valence-corrected chi connectivity index (χ3v) is 8.30. The summed E-state index contributed by atoms with van der Waals surface area (Å²) in [6.45, 7) is 17.5. The number of nitrogens with one attached hydrogen (secondary N) is 1. The van der Waals surface area contributed by atoms with Crippen molar-refractivity contribution in [2.45, 2.75) is 80.1 Å². The third kappa shape index (κ3) is 10.9. The van der Waals surface area contributed by atoms with E-state index >= 15 is 0 Å². The van der Waals surface area contributed by atoms with Gasteiger partial charge in [-0.05, 0) is 112 Å². The highest BCUT2D eigenvalue weighted by atomic mass is 14.9. The van der Waals surface area contributed by atoms with Gasteiger partial charge in [-0.15, -0.1) is 0 Å². The monoisotopic (exact) mass is 595 g/mol. The Labute approximate surface area is 273 Å². The van der Waals surface area contributed by atoms with Crippen molar-refractivity contribution in [3.8, 4) is 0 Å². The molecule has 0 aliphatic rings. The van der Waals surface area contributed by atoms with Gasteiger partial charge in [0.05, 0.1) is 0 Å². The standard InChI is InChI=1S/C44H53N/c1-8-36(37(9-2)28-29-42-22-18-17-20-34(42)7)23-19-25-43(45-44-31-30-39(11-4)41(13-6)33-44)24-16-14-15-21-35-26-27-38(10-3)40(12-5)32-35/h14-33,45H,7-13H2,1-6H3/b16-14-,21-15+,25-19+,36-23-,37-28-,42-29+,43-24-. The molecule has 3 aromatic carbocycles. The molecule has 0 bridgehead atoms. The van der Waals surface area contributed by atoms with E-state index in [1.165, 1.54) is 39.0 Å². The molecule has 0 unspecified atom stereocenters. The van der Waals surface area contributed by atoms with Gasteiger partial charge in [-0.1, -0.05) is 145 Å². The minimum absolute atomic E-state index is 0.971. The molecule has 0 aliphatic carbocycles. The maximum atomic E-state index is 4.17. The van der Waals surface area contributed by atoms with E-state index < -0.39 is 0 Å². The van der Waals surface area contributed by atoms with Crippen LogP contribution in [0.2, 0.25) is 0 Å². The molecular formula is C44H53N. The molecule has 45 heavy (non-hydrogen) atoms. The fourth-order valence-electron chi connectivity index (χ4n) is 5.56. The predicted molar refractivity (Wildman–Crippen MR) is 202 cm³/mol. The number of anilines is 1. The summed E-state index contributed by atoms with van der Waals surface area (Å²) in [5.74, 6) is 0. The molecule has 0 saturated carbocycles. The molecule has 0 fully saturated rings. The van der Waals surface area contributed by atoms with Gasteiger partial charge in [-0.3, -0.25) is 0 Å². The molecule has 1 nitrogen and oxygen atoms in total. The first-order valence-electron chi connectivity index (χ1n) is 16.8. The van der Waals surface area contributed by atoms with Gasteiger partial charge in [-0.2, -0.15) is 0 Å². The fourth-order valence-corrected chi connectivity index (χ4v) is 5.56. The van der Waals surface area contributed by atoms with Crippen LogP contribution in [0, 0.1) is 0 Å². The van der Waals surface area contributed by atoms with E-state index in [1.54, 1.807) is 0 Å². The van der Waals surface area contributed by atoms with E-state index in [1.807, 2.05) is 6.07 Å². The van der Waals surface area contributed by atoms with Crippen LogP contribution >= 0.6 is 0 Å². The highest BCUT2D eigenvalue weighted by Crippen LogP contribution is 2.21. The molecule has 3 aromatic rings. The van der Waals surface area contributed by atoms with Gasteiger partial charge < -0.3 is 5.32 Å². The van der Waals surface area contributed by atoms with Crippen molar-refractivity contribution in [1.29, 1.82) is 0 Å². The lowest BCUT2D eigenvalue weighted by atomic mass is 9.99. The maximum Gasteiger partial charge on any atom is 0.0387 e. The van der Waals surface area contributed by atoms with E-state index in [4.69, 9.17) is 0 Å². The summed E-state index contributed by atoms with van der Waals surface area (Å²) < 4.78 is 0. The van der Waals surface area contributed by atoms with Gasteiger partial charge in [0.1, 0.15) is 0 Å². The normalized spacial score (nSPS) is 13.6. The quantitative estimate of drug-likeness (QED) is 0.172. The Morgan fingerprint density at radius 2 is 1.27 bits per heavy atom. The lowest BCUT2D eigenvalue weighted by Gasteiger charge is -2.12. The van der Waals surface area contributed by atoms with E-state index in [9.17, 15) is 0 Å². The minimum atomic E-state index is 0.971. The summed E-state index contributed by atoms with van der Waals surface area (Å²) in [6.07, 6.45) is 27.9. The Hall–Kier alpha value is -4.36. The Morgan fingerprint density at radius 3 is 1.93 bits per heavy atom. The first-order valence-corrected chi connectivity index (χ1v) is 16.8. The van der Waals surface area contributed by atoms with Gasteiger partial charge in [-0.25, -0.2) is 0 Å². The Kier molecular flexibility index (Phi) is 14.9. The highest BCUT2D eigenvalue weighted by molar-refractivity contribution is 5.56. The van der Waals surface area contributed by atoms with Crippen LogP contribution in [-0.2, 0) is 25.7 Å². The predicted octanol–water partition coefficient (Wildman–Crippen LogP) is 10.6. The molecular weight excluding hydrogens is 542 g/mol. The number of allylic oxidation sites excluding steroid dienone is 10. The molecule has 234 valence electrons. The van der Waals surface area contributed by atoms with Crippen LogP contribution in [-0.4, -0.2) is 0 Å². The SMILES string of the molecule is C=c1cccc\c1=C/C=C(CC)\C(=C/C=C/C(=C/C=C\C=C\c1ccc(CC)c(CC)c1)Nc1ccc(CC)c(CC)c1)CC. The van der Waals surface area contributed by atoms with Crippen LogP contribution in [0.5, 0.6) is 0 Å². The van der Waals surface area contributed by atoms with Crippen molar-refractivity contribution in [1.82, 2.24) is 0 Å². The summed E-state index contributed by atoms with van der Waals surface area (Å²) >= 11 is 0. The Balaban J connectivity index is 1.89. The summed E-state index contributed by atoms with van der Waals surface area (Å²) in [7, 11) is 0. The number of rotatable bonds is 15. The molecule has 0 amide bonds. The summed E-state index contributed by atoms with van der Waals surface area (Å²) in [5.41, 5.74) is 11.8. The number of aryl methyl sites for hydroxylation is 4. The molecule has 0 spiro atoms. The lowest BCUT2D eigenvalue weighted by Crippen LogP contribution is -2.21. The Morgan fingerprint density at radius 1 is 0.622 bits per heavy atom. The maximum absolute atomic E-state index is 4.17.